The first kappa shape index (κ1) is 12.1. The Hall–Kier alpha value is -1.33. The van der Waals surface area contributed by atoms with Crippen molar-refractivity contribution in [3.8, 4) is 5.75 Å². The maximum atomic E-state index is 5.95. The molecule has 0 spiro atoms. The molecule has 90 valence electrons. The van der Waals surface area contributed by atoms with E-state index in [1.165, 1.54) is 11.3 Å². The third kappa shape index (κ3) is 3.08. The van der Waals surface area contributed by atoms with Crippen LogP contribution < -0.4 is 10.1 Å². The highest BCUT2D eigenvalue weighted by Gasteiger charge is 2.05. The van der Waals surface area contributed by atoms with Gasteiger partial charge in [-0.2, -0.15) is 0 Å². The number of hydrogen-bond acceptors (Lipinski definition) is 5. The number of rotatable bonds is 4. The zero-order valence-corrected chi connectivity index (χ0v) is 11.1. The first-order valence-corrected chi connectivity index (χ1v) is 6.25. The third-order valence-electron chi connectivity index (χ3n) is 2.20. The normalized spacial score (nSPS) is 10.3. The van der Waals surface area contributed by atoms with Crippen LogP contribution in [-0.2, 0) is 6.54 Å². The van der Waals surface area contributed by atoms with Gasteiger partial charge in [-0.25, -0.2) is 0 Å². The van der Waals surface area contributed by atoms with Crippen LogP contribution in [0.4, 0.5) is 5.13 Å². The van der Waals surface area contributed by atoms with Crippen LogP contribution in [0.3, 0.4) is 0 Å². The molecule has 2 rings (SSSR count). The summed E-state index contributed by atoms with van der Waals surface area (Å²) in [6.07, 6.45) is 0. The number of aromatic nitrogens is 2. The molecule has 1 aromatic heterocycles. The van der Waals surface area contributed by atoms with Gasteiger partial charge in [-0.1, -0.05) is 22.9 Å². The summed E-state index contributed by atoms with van der Waals surface area (Å²) in [5, 5.41) is 13.5. The summed E-state index contributed by atoms with van der Waals surface area (Å²) in [5.74, 6) is 0.808. The first-order chi connectivity index (χ1) is 8.19. The van der Waals surface area contributed by atoms with Crippen LogP contribution in [0.25, 0.3) is 0 Å². The second-order valence-corrected chi connectivity index (χ2v) is 5.05. The van der Waals surface area contributed by atoms with Gasteiger partial charge in [0.15, 0.2) is 0 Å². The molecule has 1 N–H and O–H groups in total. The van der Waals surface area contributed by atoms with Crippen molar-refractivity contribution in [2.24, 2.45) is 0 Å². The second kappa shape index (κ2) is 5.33. The van der Waals surface area contributed by atoms with Gasteiger partial charge >= 0.3 is 0 Å². The Morgan fingerprint density at radius 1 is 1.41 bits per heavy atom. The largest absolute Gasteiger partial charge is 0.496 e. The van der Waals surface area contributed by atoms with Crippen LogP contribution in [-0.4, -0.2) is 17.3 Å². The highest BCUT2D eigenvalue weighted by atomic mass is 35.5. The molecule has 4 nitrogen and oxygen atoms in total. The summed E-state index contributed by atoms with van der Waals surface area (Å²) in [4.78, 5) is 0. The van der Waals surface area contributed by atoms with E-state index >= 15 is 0 Å². The summed E-state index contributed by atoms with van der Waals surface area (Å²) in [6.45, 7) is 2.53. The topological polar surface area (TPSA) is 47.0 Å². The Balaban J connectivity index is 2.10. The number of halogens is 1. The zero-order valence-electron chi connectivity index (χ0n) is 9.53. The van der Waals surface area contributed by atoms with Crippen molar-refractivity contribution in [1.82, 2.24) is 10.2 Å². The average molecular weight is 270 g/mol. The number of hydrogen-bond donors (Lipinski definition) is 1. The van der Waals surface area contributed by atoms with Gasteiger partial charge in [-0.15, -0.1) is 10.2 Å². The minimum atomic E-state index is 0.609. The van der Waals surface area contributed by atoms with Gasteiger partial charge in [0.2, 0.25) is 5.13 Å². The fraction of sp³-hybridized carbons (Fsp3) is 0.273. The smallest absolute Gasteiger partial charge is 0.205 e. The quantitative estimate of drug-likeness (QED) is 0.926. The Morgan fingerprint density at radius 2 is 2.24 bits per heavy atom. The van der Waals surface area contributed by atoms with Crippen LogP contribution >= 0.6 is 22.9 Å². The molecule has 0 fully saturated rings. The summed E-state index contributed by atoms with van der Waals surface area (Å²) >= 11 is 7.47. The molecule has 0 aliphatic rings. The lowest BCUT2D eigenvalue weighted by molar-refractivity contribution is 0.410. The van der Waals surface area contributed by atoms with E-state index in [2.05, 4.69) is 15.5 Å². The monoisotopic (exact) mass is 269 g/mol. The van der Waals surface area contributed by atoms with Crippen molar-refractivity contribution in [1.29, 1.82) is 0 Å². The predicted octanol–water partition coefficient (Wildman–Crippen LogP) is 3.12. The highest BCUT2D eigenvalue weighted by Crippen LogP contribution is 2.24. The molecule has 0 amide bonds. The molecule has 17 heavy (non-hydrogen) atoms. The first-order valence-electron chi connectivity index (χ1n) is 5.05. The van der Waals surface area contributed by atoms with Crippen LogP contribution in [0.5, 0.6) is 5.75 Å². The van der Waals surface area contributed by atoms with E-state index in [9.17, 15) is 0 Å². The van der Waals surface area contributed by atoms with Gasteiger partial charge < -0.3 is 10.1 Å². The molecule has 1 aromatic carbocycles. The van der Waals surface area contributed by atoms with E-state index in [4.69, 9.17) is 16.3 Å². The van der Waals surface area contributed by atoms with Gasteiger partial charge in [-0.05, 0) is 25.1 Å². The summed E-state index contributed by atoms with van der Waals surface area (Å²) < 4.78 is 5.26. The number of nitrogens with one attached hydrogen (secondary N) is 1. The van der Waals surface area contributed by atoms with Crippen molar-refractivity contribution in [2.75, 3.05) is 12.4 Å². The molecule has 0 saturated carbocycles. The Bertz CT molecular complexity index is 515. The number of benzene rings is 1. The van der Waals surface area contributed by atoms with E-state index in [0.717, 1.165) is 21.5 Å². The third-order valence-corrected chi connectivity index (χ3v) is 3.23. The van der Waals surface area contributed by atoms with Crippen LogP contribution in [0.1, 0.15) is 10.6 Å². The minimum absolute atomic E-state index is 0.609. The molecule has 0 bridgehead atoms. The Morgan fingerprint density at radius 3 is 2.88 bits per heavy atom. The minimum Gasteiger partial charge on any atom is -0.496 e. The maximum Gasteiger partial charge on any atom is 0.205 e. The fourth-order valence-corrected chi connectivity index (χ4v) is 2.21. The molecule has 0 atom stereocenters. The molecule has 2 aromatic rings. The van der Waals surface area contributed by atoms with Crippen molar-refractivity contribution < 1.29 is 4.74 Å². The van der Waals surface area contributed by atoms with Gasteiger partial charge in [0.05, 0.1) is 7.11 Å². The summed E-state index contributed by atoms with van der Waals surface area (Å²) in [5.41, 5.74) is 0.993. The molecule has 0 radical (unpaired) electrons. The van der Waals surface area contributed by atoms with Gasteiger partial charge in [0.25, 0.3) is 0 Å². The van der Waals surface area contributed by atoms with Gasteiger partial charge in [0.1, 0.15) is 10.8 Å². The summed E-state index contributed by atoms with van der Waals surface area (Å²) in [6, 6.07) is 5.53. The number of aryl methyl sites for hydroxylation is 1. The predicted molar refractivity (Wildman–Crippen MR) is 70.0 cm³/mol. The van der Waals surface area contributed by atoms with Crippen LogP contribution in [0, 0.1) is 6.92 Å². The molecule has 0 aliphatic heterocycles. The fourth-order valence-electron chi connectivity index (χ4n) is 1.42. The molecule has 0 unspecified atom stereocenters. The second-order valence-electron chi connectivity index (χ2n) is 3.44. The molecule has 0 aliphatic carbocycles. The Kier molecular flexibility index (Phi) is 3.81. The average Bonchev–Trinajstić information content (AvgIpc) is 2.73. The van der Waals surface area contributed by atoms with E-state index in [1.807, 2.05) is 19.1 Å². The van der Waals surface area contributed by atoms with E-state index < -0.39 is 0 Å². The van der Waals surface area contributed by atoms with Crippen LogP contribution in [0.2, 0.25) is 5.02 Å². The number of nitrogens with zero attached hydrogens (tertiary/aromatic N) is 2. The van der Waals surface area contributed by atoms with E-state index in [0.29, 0.717) is 11.6 Å². The number of methoxy groups -OCH3 is 1. The van der Waals surface area contributed by atoms with Crippen molar-refractivity contribution in [2.45, 2.75) is 13.5 Å². The lowest BCUT2D eigenvalue weighted by Crippen LogP contribution is -2.01. The van der Waals surface area contributed by atoms with Crippen molar-refractivity contribution >= 4 is 28.1 Å². The SMILES string of the molecule is COc1ccc(Cl)cc1CNc1nnc(C)s1. The van der Waals surface area contributed by atoms with Gasteiger partial charge in [0, 0.05) is 17.1 Å². The van der Waals surface area contributed by atoms with Crippen LogP contribution in [0.15, 0.2) is 18.2 Å². The van der Waals surface area contributed by atoms with E-state index in [-0.39, 0.29) is 0 Å². The summed E-state index contributed by atoms with van der Waals surface area (Å²) in [7, 11) is 1.64. The number of ether oxygens (including phenoxy) is 1. The molecule has 0 saturated heterocycles. The number of anilines is 1. The molecule has 6 heteroatoms. The maximum absolute atomic E-state index is 5.95. The molecular weight excluding hydrogens is 258 g/mol. The molecule has 1 heterocycles. The lowest BCUT2D eigenvalue weighted by atomic mass is 10.2. The van der Waals surface area contributed by atoms with Crippen molar-refractivity contribution in [3.63, 3.8) is 0 Å². The standard InChI is InChI=1S/C11H12ClN3OS/c1-7-14-15-11(17-7)13-6-8-5-9(12)3-4-10(8)16-2/h3-5H,6H2,1-2H3,(H,13,15). The highest BCUT2D eigenvalue weighted by molar-refractivity contribution is 7.15. The lowest BCUT2D eigenvalue weighted by Gasteiger charge is -2.09. The Labute approximate surface area is 109 Å². The zero-order chi connectivity index (χ0) is 12.3. The van der Waals surface area contributed by atoms with Gasteiger partial charge in [-0.3, -0.25) is 0 Å². The van der Waals surface area contributed by atoms with E-state index in [1.54, 1.807) is 13.2 Å². The molecular formula is C11H12ClN3OS. The van der Waals surface area contributed by atoms with Crippen molar-refractivity contribution in [3.05, 3.63) is 33.8 Å².